The van der Waals surface area contributed by atoms with E-state index in [1.807, 2.05) is 36.4 Å². The number of para-hydroxylation sites is 1. The van der Waals surface area contributed by atoms with Gasteiger partial charge in [-0.2, -0.15) is 0 Å². The zero-order valence-corrected chi connectivity index (χ0v) is 10.9. The summed E-state index contributed by atoms with van der Waals surface area (Å²) in [5.74, 6) is 1.62. The predicted molar refractivity (Wildman–Crippen MR) is 69.9 cm³/mol. The van der Waals surface area contributed by atoms with Crippen molar-refractivity contribution in [2.75, 3.05) is 6.61 Å². The molecular formula is C13H14BrNO2. The molecule has 0 amide bonds. The van der Waals surface area contributed by atoms with Gasteiger partial charge in [-0.25, -0.2) is 0 Å². The first-order chi connectivity index (χ1) is 8.27. The number of hydrogen-bond acceptors (Lipinski definition) is 3. The Morgan fingerprint density at radius 3 is 2.65 bits per heavy atom. The zero-order chi connectivity index (χ0) is 12.1. The van der Waals surface area contributed by atoms with E-state index in [0.29, 0.717) is 13.0 Å². The lowest BCUT2D eigenvalue weighted by molar-refractivity contribution is 0.289. The molecule has 1 atom stereocenters. The molecule has 0 spiro atoms. The van der Waals surface area contributed by atoms with E-state index in [2.05, 4.69) is 15.9 Å². The molecule has 2 rings (SSSR count). The maximum atomic E-state index is 6.00. The van der Waals surface area contributed by atoms with Crippen molar-refractivity contribution in [1.82, 2.24) is 0 Å². The minimum absolute atomic E-state index is 0.150. The third-order valence-corrected chi connectivity index (χ3v) is 3.08. The Morgan fingerprint density at radius 1 is 1.24 bits per heavy atom. The van der Waals surface area contributed by atoms with Gasteiger partial charge in [0.1, 0.15) is 11.5 Å². The van der Waals surface area contributed by atoms with E-state index in [-0.39, 0.29) is 6.04 Å². The Bertz CT molecular complexity index is 455. The van der Waals surface area contributed by atoms with Crippen molar-refractivity contribution in [1.29, 1.82) is 0 Å². The topological polar surface area (TPSA) is 48.4 Å². The van der Waals surface area contributed by atoms with Gasteiger partial charge in [-0.1, -0.05) is 18.2 Å². The smallest absolute Gasteiger partial charge is 0.134 e. The molecule has 1 aromatic carbocycles. The van der Waals surface area contributed by atoms with Crippen LogP contribution in [0.4, 0.5) is 0 Å². The maximum absolute atomic E-state index is 6.00. The molecule has 90 valence electrons. The molecule has 2 N–H and O–H groups in total. The van der Waals surface area contributed by atoms with Crippen LogP contribution in [0.5, 0.6) is 5.75 Å². The molecule has 3 nitrogen and oxygen atoms in total. The second-order valence-electron chi connectivity index (χ2n) is 3.69. The number of rotatable bonds is 5. The molecule has 2 aromatic rings. The number of furan rings is 1. The van der Waals surface area contributed by atoms with Gasteiger partial charge in [0.2, 0.25) is 0 Å². The van der Waals surface area contributed by atoms with Crippen molar-refractivity contribution in [3.8, 4) is 5.75 Å². The van der Waals surface area contributed by atoms with Crippen LogP contribution in [0.15, 0.2) is 51.6 Å². The number of halogens is 1. The predicted octanol–water partition coefficient (Wildman–Crippen LogP) is 3.51. The van der Waals surface area contributed by atoms with Crippen molar-refractivity contribution in [3.63, 3.8) is 0 Å². The molecule has 0 saturated heterocycles. The summed E-state index contributed by atoms with van der Waals surface area (Å²) in [4.78, 5) is 0. The van der Waals surface area contributed by atoms with Gasteiger partial charge in [0.25, 0.3) is 0 Å². The summed E-state index contributed by atoms with van der Waals surface area (Å²) in [6.45, 7) is 0.568. The fourth-order valence-corrected chi connectivity index (χ4v) is 2.02. The van der Waals surface area contributed by atoms with Gasteiger partial charge in [-0.05, 0) is 34.1 Å². The van der Waals surface area contributed by atoms with Gasteiger partial charge in [-0.15, -0.1) is 0 Å². The van der Waals surface area contributed by atoms with Crippen LogP contribution in [-0.2, 0) is 0 Å². The van der Waals surface area contributed by atoms with Gasteiger partial charge in [0.15, 0.2) is 0 Å². The van der Waals surface area contributed by atoms with E-state index in [1.165, 1.54) is 0 Å². The van der Waals surface area contributed by atoms with Crippen LogP contribution in [0.1, 0.15) is 18.2 Å². The molecule has 4 heteroatoms. The standard InChI is InChI=1S/C13H14BrNO2/c14-11-6-8-17-13(11)12(15)7-9-16-10-4-2-1-3-5-10/h1-6,8,12H,7,9,15H2. The Morgan fingerprint density at radius 2 is 2.00 bits per heavy atom. The molecule has 0 aliphatic carbocycles. The monoisotopic (exact) mass is 295 g/mol. The van der Waals surface area contributed by atoms with E-state index in [1.54, 1.807) is 6.26 Å². The van der Waals surface area contributed by atoms with Crippen molar-refractivity contribution in [2.45, 2.75) is 12.5 Å². The van der Waals surface area contributed by atoms with Crippen LogP contribution in [0, 0.1) is 0 Å². The summed E-state index contributed by atoms with van der Waals surface area (Å²) in [6, 6.07) is 11.4. The van der Waals surface area contributed by atoms with Crippen molar-refractivity contribution < 1.29 is 9.15 Å². The summed E-state index contributed by atoms with van der Waals surface area (Å²) in [5, 5.41) is 0. The normalized spacial score (nSPS) is 12.4. The molecule has 0 bridgehead atoms. The molecule has 17 heavy (non-hydrogen) atoms. The molecule has 1 unspecified atom stereocenters. The number of nitrogens with two attached hydrogens (primary N) is 1. The largest absolute Gasteiger partial charge is 0.494 e. The van der Waals surface area contributed by atoms with E-state index < -0.39 is 0 Å². The zero-order valence-electron chi connectivity index (χ0n) is 9.30. The lowest BCUT2D eigenvalue weighted by Crippen LogP contribution is -2.13. The quantitative estimate of drug-likeness (QED) is 0.918. The van der Waals surface area contributed by atoms with E-state index >= 15 is 0 Å². The molecule has 0 aliphatic heterocycles. The van der Waals surface area contributed by atoms with Crippen LogP contribution in [-0.4, -0.2) is 6.61 Å². The Kier molecular flexibility index (Phi) is 4.23. The van der Waals surface area contributed by atoms with Crippen molar-refractivity contribution in [3.05, 3.63) is 52.9 Å². The molecule has 0 aliphatic rings. The highest BCUT2D eigenvalue weighted by Crippen LogP contribution is 2.25. The highest BCUT2D eigenvalue weighted by atomic mass is 79.9. The molecule has 0 saturated carbocycles. The number of benzene rings is 1. The summed E-state index contributed by atoms with van der Waals surface area (Å²) in [7, 11) is 0. The highest BCUT2D eigenvalue weighted by Gasteiger charge is 2.13. The van der Waals surface area contributed by atoms with Crippen LogP contribution in [0.2, 0.25) is 0 Å². The second kappa shape index (κ2) is 5.89. The first-order valence-corrected chi connectivity index (χ1v) is 6.23. The summed E-state index contributed by atoms with van der Waals surface area (Å²) >= 11 is 3.39. The van der Waals surface area contributed by atoms with E-state index in [9.17, 15) is 0 Å². The first kappa shape index (κ1) is 12.2. The Balaban J connectivity index is 1.81. The molecule has 1 heterocycles. The minimum atomic E-state index is -0.150. The summed E-state index contributed by atoms with van der Waals surface area (Å²) in [5.41, 5.74) is 6.00. The fourth-order valence-electron chi connectivity index (χ4n) is 1.52. The minimum Gasteiger partial charge on any atom is -0.494 e. The average Bonchev–Trinajstić information content (AvgIpc) is 2.77. The van der Waals surface area contributed by atoms with E-state index in [0.717, 1.165) is 16.0 Å². The molecule has 0 radical (unpaired) electrons. The van der Waals surface area contributed by atoms with Gasteiger partial charge >= 0.3 is 0 Å². The summed E-state index contributed by atoms with van der Waals surface area (Å²) in [6.07, 6.45) is 2.33. The lowest BCUT2D eigenvalue weighted by Gasteiger charge is -2.10. The molecule has 1 aromatic heterocycles. The van der Waals surface area contributed by atoms with Crippen LogP contribution >= 0.6 is 15.9 Å². The van der Waals surface area contributed by atoms with Gasteiger partial charge in [0, 0.05) is 6.42 Å². The maximum Gasteiger partial charge on any atom is 0.134 e. The molecular weight excluding hydrogens is 282 g/mol. The number of ether oxygens (including phenoxy) is 1. The fraction of sp³-hybridized carbons (Fsp3) is 0.231. The Hall–Kier alpha value is -1.26. The SMILES string of the molecule is NC(CCOc1ccccc1)c1occc1Br. The summed E-state index contributed by atoms with van der Waals surface area (Å²) < 4.78 is 11.8. The third-order valence-electron chi connectivity index (χ3n) is 2.42. The Labute approximate surface area is 109 Å². The average molecular weight is 296 g/mol. The van der Waals surface area contributed by atoms with Gasteiger partial charge in [-0.3, -0.25) is 0 Å². The second-order valence-corrected chi connectivity index (χ2v) is 4.54. The van der Waals surface area contributed by atoms with Crippen molar-refractivity contribution in [2.24, 2.45) is 5.73 Å². The van der Waals surface area contributed by atoms with E-state index in [4.69, 9.17) is 14.9 Å². The first-order valence-electron chi connectivity index (χ1n) is 5.43. The van der Waals surface area contributed by atoms with Gasteiger partial charge in [0.05, 0.1) is 23.4 Å². The number of hydrogen-bond donors (Lipinski definition) is 1. The molecule has 0 fully saturated rings. The third kappa shape index (κ3) is 3.35. The van der Waals surface area contributed by atoms with Crippen LogP contribution in [0.3, 0.4) is 0 Å². The van der Waals surface area contributed by atoms with Crippen LogP contribution < -0.4 is 10.5 Å². The van der Waals surface area contributed by atoms with Crippen molar-refractivity contribution >= 4 is 15.9 Å². The van der Waals surface area contributed by atoms with Crippen LogP contribution in [0.25, 0.3) is 0 Å². The highest BCUT2D eigenvalue weighted by molar-refractivity contribution is 9.10. The lowest BCUT2D eigenvalue weighted by atomic mass is 10.2. The van der Waals surface area contributed by atoms with Gasteiger partial charge < -0.3 is 14.9 Å².